The van der Waals surface area contributed by atoms with E-state index in [1.807, 2.05) is 12.1 Å². The van der Waals surface area contributed by atoms with Crippen molar-refractivity contribution < 1.29 is 14.3 Å². The Bertz CT molecular complexity index is 812. The molecule has 0 aromatic heterocycles. The average molecular weight is 381 g/mol. The fourth-order valence-electron chi connectivity index (χ4n) is 3.32. The van der Waals surface area contributed by atoms with Crippen LogP contribution in [0.5, 0.6) is 5.75 Å². The van der Waals surface area contributed by atoms with E-state index < -0.39 is 0 Å². The normalized spacial score (nSPS) is 14.6. The summed E-state index contributed by atoms with van der Waals surface area (Å²) in [6.45, 7) is 5.99. The maximum absolute atomic E-state index is 12.2. The first kappa shape index (κ1) is 19.9. The molecular formula is C22H27N3O3. The Kier molecular flexibility index (Phi) is 6.66. The van der Waals surface area contributed by atoms with Crippen LogP contribution in [0.4, 0.5) is 11.4 Å². The van der Waals surface area contributed by atoms with Gasteiger partial charge < -0.3 is 15.0 Å². The molecule has 1 aliphatic rings. The summed E-state index contributed by atoms with van der Waals surface area (Å²) in [7, 11) is 1.67. The standard InChI is InChI=1S/C22H27N3O3/c1-17(26)18-4-3-5-19(16-18)23-22(27)10-11-24-12-14-25(15-13-24)20-6-8-21(28-2)9-7-20/h3-9,16H,10-15H2,1-2H3,(H,23,27). The van der Waals surface area contributed by atoms with Crippen LogP contribution in [-0.2, 0) is 4.79 Å². The highest BCUT2D eigenvalue weighted by Crippen LogP contribution is 2.20. The van der Waals surface area contributed by atoms with Crippen molar-refractivity contribution in [1.29, 1.82) is 0 Å². The van der Waals surface area contributed by atoms with Crippen LogP contribution in [0, 0.1) is 0 Å². The molecule has 0 saturated carbocycles. The first-order valence-corrected chi connectivity index (χ1v) is 9.57. The molecule has 6 nitrogen and oxygen atoms in total. The highest BCUT2D eigenvalue weighted by Gasteiger charge is 2.18. The molecule has 0 atom stereocenters. The van der Waals surface area contributed by atoms with Crippen molar-refractivity contribution in [3.8, 4) is 5.75 Å². The average Bonchev–Trinajstić information content (AvgIpc) is 2.73. The molecule has 6 heteroatoms. The number of Topliss-reactive ketones (excluding diaryl/α,β-unsaturated/α-hetero) is 1. The van der Waals surface area contributed by atoms with Gasteiger partial charge in [-0.2, -0.15) is 0 Å². The lowest BCUT2D eigenvalue weighted by Gasteiger charge is -2.36. The van der Waals surface area contributed by atoms with E-state index in [0.717, 1.165) is 38.5 Å². The fraction of sp³-hybridized carbons (Fsp3) is 0.364. The molecule has 1 N–H and O–H groups in total. The number of ether oxygens (including phenoxy) is 1. The molecule has 3 rings (SSSR count). The lowest BCUT2D eigenvalue weighted by molar-refractivity contribution is -0.116. The van der Waals surface area contributed by atoms with Crippen molar-refractivity contribution in [3.05, 3.63) is 54.1 Å². The van der Waals surface area contributed by atoms with Crippen LogP contribution in [0.25, 0.3) is 0 Å². The lowest BCUT2D eigenvalue weighted by Crippen LogP contribution is -2.47. The molecule has 1 fully saturated rings. The maximum atomic E-state index is 12.2. The number of benzene rings is 2. The van der Waals surface area contributed by atoms with Gasteiger partial charge in [0.25, 0.3) is 0 Å². The Hall–Kier alpha value is -2.86. The molecule has 0 unspecified atom stereocenters. The van der Waals surface area contributed by atoms with Crippen molar-refractivity contribution in [2.24, 2.45) is 0 Å². The van der Waals surface area contributed by atoms with Gasteiger partial charge >= 0.3 is 0 Å². The number of piperazine rings is 1. The maximum Gasteiger partial charge on any atom is 0.225 e. The van der Waals surface area contributed by atoms with Crippen molar-refractivity contribution in [2.75, 3.05) is 50.1 Å². The summed E-state index contributed by atoms with van der Waals surface area (Å²) in [5, 5.41) is 2.88. The largest absolute Gasteiger partial charge is 0.497 e. The Morgan fingerprint density at radius 1 is 1.04 bits per heavy atom. The summed E-state index contributed by atoms with van der Waals surface area (Å²) < 4.78 is 5.21. The summed E-state index contributed by atoms with van der Waals surface area (Å²) in [6.07, 6.45) is 0.437. The Morgan fingerprint density at radius 3 is 2.39 bits per heavy atom. The second-order valence-corrected chi connectivity index (χ2v) is 6.96. The van der Waals surface area contributed by atoms with Crippen LogP contribution in [0.15, 0.2) is 48.5 Å². The van der Waals surface area contributed by atoms with Crippen molar-refractivity contribution >= 4 is 23.1 Å². The summed E-state index contributed by atoms with van der Waals surface area (Å²) in [5.41, 5.74) is 2.47. The van der Waals surface area contributed by atoms with Gasteiger partial charge in [-0.1, -0.05) is 12.1 Å². The zero-order valence-corrected chi connectivity index (χ0v) is 16.5. The number of anilines is 2. The number of ketones is 1. The third kappa shape index (κ3) is 5.33. The first-order chi connectivity index (χ1) is 13.5. The van der Waals surface area contributed by atoms with E-state index in [2.05, 4.69) is 27.2 Å². The highest BCUT2D eigenvalue weighted by atomic mass is 16.5. The molecule has 1 saturated heterocycles. The summed E-state index contributed by atoms with van der Waals surface area (Å²) in [6, 6.07) is 15.2. The smallest absolute Gasteiger partial charge is 0.225 e. The van der Waals surface area contributed by atoms with Crippen LogP contribution >= 0.6 is 0 Å². The van der Waals surface area contributed by atoms with Gasteiger partial charge in [0, 0.05) is 56.1 Å². The van der Waals surface area contributed by atoms with Gasteiger partial charge in [-0.05, 0) is 43.3 Å². The molecule has 1 heterocycles. The summed E-state index contributed by atoms with van der Waals surface area (Å²) in [4.78, 5) is 28.3. The van der Waals surface area contributed by atoms with Gasteiger partial charge in [0.2, 0.25) is 5.91 Å². The third-order valence-corrected chi connectivity index (χ3v) is 5.02. The molecule has 0 bridgehead atoms. The molecule has 28 heavy (non-hydrogen) atoms. The van der Waals surface area contributed by atoms with Gasteiger partial charge in [-0.3, -0.25) is 14.5 Å². The van der Waals surface area contributed by atoms with Gasteiger partial charge in [-0.25, -0.2) is 0 Å². The van der Waals surface area contributed by atoms with E-state index in [-0.39, 0.29) is 11.7 Å². The molecular weight excluding hydrogens is 354 g/mol. The molecule has 2 aromatic rings. The zero-order chi connectivity index (χ0) is 19.9. The number of carbonyl (C=O) groups excluding carboxylic acids is 2. The minimum absolute atomic E-state index is 0.00849. The molecule has 148 valence electrons. The molecule has 0 aliphatic carbocycles. The Morgan fingerprint density at radius 2 is 1.75 bits per heavy atom. The topological polar surface area (TPSA) is 61.9 Å². The minimum atomic E-state index is -0.0294. The molecule has 1 amide bonds. The number of amides is 1. The molecule has 1 aliphatic heterocycles. The predicted molar refractivity (Wildman–Crippen MR) is 111 cm³/mol. The summed E-state index contributed by atoms with van der Waals surface area (Å²) in [5.74, 6) is 0.825. The molecule has 0 radical (unpaired) electrons. The number of rotatable bonds is 7. The number of nitrogens with zero attached hydrogens (tertiary/aromatic N) is 2. The first-order valence-electron chi connectivity index (χ1n) is 9.57. The van der Waals surface area contributed by atoms with E-state index in [9.17, 15) is 9.59 Å². The van der Waals surface area contributed by atoms with E-state index in [0.29, 0.717) is 17.7 Å². The molecule has 0 spiro atoms. The highest BCUT2D eigenvalue weighted by molar-refractivity contribution is 5.97. The number of hydrogen-bond donors (Lipinski definition) is 1. The second kappa shape index (κ2) is 9.37. The van der Waals surface area contributed by atoms with Gasteiger partial charge in [-0.15, -0.1) is 0 Å². The van der Waals surface area contributed by atoms with Crippen LogP contribution in [0.3, 0.4) is 0 Å². The van der Waals surface area contributed by atoms with Crippen molar-refractivity contribution in [1.82, 2.24) is 4.90 Å². The van der Waals surface area contributed by atoms with E-state index in [4.69, 9.17) is 4.74 Å². The van der Waals surface area contributed by atoms with Gasteiger partial charge in [0.05, 0.1) is 7.11 Å². The number of nitrogens with one attached hydrogen (secondary N) is 1. The number of carbonyl (C=O) groups is 2. The van der Waals surface area contributed by atoms with E-state index >= 15 is 0 Å². The van der Waals surface area contributed by atoms with Gasteiger partial charge in [0.15, 0.2) is 5.78 Å². The Balaban J connectivity index is 1.43. The SMILES string of the molecule is COc1ccc(N2CCN(CCC(=O)Nc3cccc(C(C)=O)c3)CC2)cc1. The van der Waals surface area contributed by atoms with E-state index in [1.54, 1.807) is 31.4 Å². The van der Waals surface area contributed by atoms with Crippen LogP contribution in [-0.4, -0.2) is 56.4 Å². The van der Waals surface area contributed by atoms with Crippen molar-refractivity contribution in [2.45, 2.75) is 13.3 Å². The quantitative estimate of drug-likeness (QED) is 0.747. The van der Waals surface area contributed by atoms with E-state index in [1.165, 1.54) is 12.6 Å². The Labute approximate surface area is 166 Å². The summed E-state index contributed by atoms with van der Waals surface area (Å²) >= 11 is 0. The molecule has 2 aromatic carbocycles. The zero-order valence-electron chi connectivity index (χ0n) is 16.5. The van der Waals surface area contributed by atoms with Crippen LogP contribution in [0.2, 0.25) is 0 Å². The fourth-order valence-corrected chi connectivity index (χ4v) is 3.32. The lowest BCUT2D eigenvalue weighted by atomic mass is 10.1. The van der Waals surface area contributed by atoms with Crippen LogP contribution in [0.1, 0.15) is 23.7 Å². The van der Waals surface area contributed by atoms with Gasteiger partial charge in [0.1, 0.15) is 5.75 Å². The second-order valence-electron chi connectivity index (χ2n) is 6.96. The minimum Gasteiger partial charge on any atom is -0.497 e. The van der Waals surface area contributed by atoms with Crippen LogP contribution < -0.4 is 15.0 Å². The third-order valence-electron chi connectivity index (χ3n) is 5.02. The number of hydrogen-bond acceptors (Lipinski definition) is 5. The monoisotopic (exact) mass is 381 g/mol. The number of methoxy groups -OCH3 is 1. The van der Waals surface area contributed by atoms with Crippen molar-refractivity contribution in [3.63, 3.8) is 0 Å². The predicted octanol–water partition coefficient (Wildman–Crippen LogP) is 3.05.